The number of nitrogens with one attached hydrogen (secondary N) is 1. The third-order valence-corrected chi connectivity index (χ3v) is 5.42. The maximum Gasteiger partial charge on any atom is 0.251 e. The molecular formula is C22H25N5O3. The van der Waals surface area contributed by atoms with Gasteiger partial charge in [0.15, 0.2) is 0 Å². The van der Waals surface area contributed by atoms with Crippen LogP contribution in [0.1, 0.15) is 18.4 Å². The lowest BCUT2D eigenvalue weighted by molar-refractivity contribution is -0.130. The SMILES string of the molecule is COc1ccc2[nH]c(=O)c(CCC(=O)N3CCCN(c4ncccn4)CC3)cc2c1. The van der Waals surface area contributed by atoms with Crippen LogP contribution in [0.15, 0.2) is 47.5 Å². The Hall–Kier alpha value is -3.42. The van der Waals surface area contributed by atoms with Crippen LogP contribution in [0.4, 0.5) is 5.95 Å². The summed E-state index contributed by atoms with van der Waals surface area (Å²) in [7, 11) is 1.61. The molecule has 1 saturated heterocycles. The van der Waals surface area contributed by atoms with Crippen LogP contribution in [0.3, 0.4) is 0 Å². The summed E-state index contributed by atoms with van der Waals surface area (Å²) in [5, 5.41) is 0.893. The summed E-state index contributed by atoms with van der Waals surface area (Å²) in [4.78, 5) is 40.7. The number of pyridine rings is 1. The molecule has 0 aliphatic carbocycles. The molecule has 30 heavy (non-hydrogen) atoms. The van der Waals surface area contributed by atoms with Gasteiger partial charge in [-0.2, -0.15) is 0 Å². The molecular weight excluding hydrogens is 382 g/mol. The van der Waals surface area contributed by atoms with Crippen LogP contribution >= 0.6 is 0 Å². The van der Waals surface area contributed by atoms with Gasteiger partial charge < -0.3 is 19.5 Å². The standard InChI is InChI=1S/C22H25N5O3/c1-30-18-5-6-19-17(15-18)14-16(21(29)25-19)4-7-20(28)26-10-3-11-27(13-12-26)22-23-8-2-9-24-22/h2,5-6,8-9,14-15H,3-4,7,10-13H2,1H3,(H,25,29). The molecule has 1 aromatic carbocycles. The van der Waals surface area contributed by atoms with Crippen molar-refractivity contribution < 1.29 is 9.53 Å². The highest BCUT2D eigenvalue weighted by atomic mass is 16.5. The van der Waals surface area contributed by atoms with Gasteiger partial charge in [0.1, 0.15) is 5.75 Å². The second-order valence-electron chi connectivity index (χ2n) is 7.35. The van der Waals surface area contributed by atoms with Crippen molar-refractivity contribution in [2.45, 2.75) is 19.3 Å². The molecule has 1 amide bonds. The van der Waals surface area contributed by atoms with Crippen molar-refractivity contribution in [2.75, 3.05) is 38.2 Å². The number of anilines is 1. The largest absolute Gasteiger partial charge is 0.497 e. The average Bonchev–Trinajstić information content (AvgIpc) is 3.04. The van der Waals surface area contributed by atoms with Crippen LogP contribution in [0.25, 0.3) is 10.9 Å². The zero-order chi connectivity index (χ0) is 20.9. The van der Waals surface area contributed by atoms with Gasteiger partial charge in [-0.25, -0.2) is 9.97 Å². The summed E-state index contributed by atoms with van der Waals surface area (Å²) in [6.07, 6.45) is 5.03. The number of methoxy groups -OCH3 is 1. The molecule has 0 bridgehead atoms. The summed E-state index contributed by atoms with van der Waals surface area (Å²) in [6, 6.07) is 9.16. The number of hydrogen-bond donors (Lipinski definition) is 1. The number of aromatic nitrogens is 3. The Labute approximate surface area is 174 Å². The van der Waals surface area contributed by atoms with Gasteiger partial charge in [0.25, 0.3) is 5.56 Å². The molecule has 0 atom stereocenters. The van der Waals surface area contributed by atoms with Crippen molar-refractivity contribution in [1.82, 2.24) is 19.9 Å². The number of carbonyl (C=O) groups excluding carboxylic acids is 1. The minimum atomic E-state index is -0.149. The highest BCUT2D eigenvalue weighted by Crippen LogP contribution is 2.19. The molecule has 8 heteroatoms. The highest BCUT2D eigenvalue weighted by Gasteiger charge is 2.20. The van der Waals surface area contributed by atoms with Crippen molar-refractivity contribution in [3.05, 3.63) is 58.6 Å². The van der Waals surface area contributed by atoms with Gasteiger partial charge in [-0.3, -0.25) is 9.59 Å². The third-order valence-electron chi connectivity index (χ3n) is 5.42. The third kappa shape index (κ3) is 4.42. The van der Waals surface area contributed by atoms with Crippen LogP contribution in [0.2, 0.25) is 0 Å². The van der Waals surface area contributed by atoms with E-state index in [9.17, 15) is 9.59 Å². The smallest absolute Gasteiger partial charge is 0.251 e. The molecule has 0 radical (unpaired) electrons. The van der Waals surface area contributed by atoms with Gasteiger partial charge in [0, 0.05) is 61.5 Å². The van der Waals surface area contributed by atoms with E-state index < -0.39 is 0 Å². The molecule has 1 fully saturated rings. The van der Waals surface area contributed by atoms with E-state index in [1.54, 1.807) is 25.6 Å². The molecule has 156 valence electrons. The first kappa shape index (κ1) is 19.9. The highest BCUT2D eigenvalue weighted by molar-refractivity contribution is 5.81. The molecule has 1 N–H and O–H groups in total. The number of carbonyl (C=O) groups is 1. The first-order chi connectivity index (χ1) is 14.6. The number of amides is 1. The number of benzene rings is 1. The van der Waals surface area contributed by atoms with E-state index in [0.717, 1.165) is 29.6 Å². The number of aromatic amines is 1. The van der Waals surface area contributed by atoms with Crippen molar-refractivity contribution in [2.24, 2.45) is 0 Å². The Bertz CT molecular complexity index is 1080. The Morgan fingerprint density at radius 2 is 1.97 bits per heavy atom. The Morgan fingerprint density at radius 1 is 1.13 bits per heavy atom. The lowest BCUT2D eigenvalue weighted by Gasteiger charge is -2.22. The first-order valence-corrected chi connectivity index (χ1v) is 10.1. The lowest BCUT2D eigenvalue weighted by atomic mass is 10.1. The molecule has 1 aliphatic heterocycles. The van der Waals surface area contributed by atoms with E-state index in [1.165, 1.54) is 0 Å². The fraction of sp³-hybridized carbons (Fsp3) is 0.364. The molecule has 2 aromatic heterocycles. The lowest BCUT2D eigenvalue weighted by Crippen LogP contribution is -2.35. The Balaban J connectivity index is 1.39. The summed E-state index contributed by atoms with van der Waals surface area (Å²) >= 11 is 0. The molecule has 0 spiro atoms. The zero-order valence-electron chi connectivity index (χ0n) is 17.0. The number of H-pyrrole nitrogens is 1. The molecule has 1 aliphatic rings. The van der Waals surface area contributed by atoms with Crippen molar-refractivity contribution in [3.63, 3.8) is 0 Å². The van der Waals surface area contributed by atoms with Gasteiger partial charge in [0.05, 0.1) is 7.11 Å². The van der Waals surface area contributed by atoms with Crippen molar-refractivity contribution in [3.8, 4) is 5.75 Å². The average molecular weight is 407 g/mol. The van der Waals surface area contributed by atoms with E-state index in [-0.39, 0.29) is 11.5 Å². The second-order valence-corrected chi connectivity index (χ2v) is 7.35. The van der Waals surface area contributed by atoms with Crippen molar-refractivity contribution in [1.29, 1.82) is 0 Å². The number of fused-ring (bicyclic) bond motifs is 1. The quantitative estimate of drug-likeness (QED) is 0.696. The minimum absolute atomic E-state index is 0.0657. The maximum atomic E-state index is 12.8. The predicted octanol–water partition coefficient (Wildman–Crippen LogP) is 2.00. The van der Waals surface area contributed by atoms with Crippen LogP contribution in [0, 0.1) is 0 Å². The van der Waals surface area contributed by atoms with Gasteiger partial charge in [0.2, 0.25) is 11.9 Å². The summed E-state index contributed by atoms with van der Waals surface area (Å²) in [5.74, 6) is 1.49. The van der Waals surface area contributed by atoms with E-state index >= 15 is 0 Å². The van der Waals surface area contributed by atoms with Crippen LogP contribution in [0.5, 0.6) is 5.75 Å². The van der Waals surface area contributed by atoms with Crippen LogP contribution < -0.4 is 15.2 Å². The first-order valence-electron chi connectivity index (χ1n) is 10.1. The van der Waals surface area contributed by atoms with E-state index in [1.807, 2.05) is 29.2 Å². The topological polar surface area (TPSA) is 91.4 Å². The number of rotatable bonds is 5. The predicted molar refractivity (Wildman–Crippen MR) is 115 cm³/mol. The van der Waals surface area contributed by atoms with Gasteiger partial charge in [-0.05, 0) is 43.2 Å². The fourth-order valence-electron chi connectivity index (χ4n) is 3.76. The zero-order valence-corrected chi connectivity index (χ0v) is 17.0. The Morgan fingerprint density at radius 3 is 2.77 bits per heavy atom. The maximum absolute atomic E-state index is 12.8. The number of ether oxygens (including phenoxy) is 1. The molecule has 8 nitrogen and oxygen atoms in total. The van der Waals surface area contributed by atoms with Crippen molar-refractivity contribution >= 4 is 22.8 Å². The molecule has 4 rings (SSSR count). The normalized spacial score (nSPS) is 14.6. The number of nitrogens with zero attached hydrogens (tertiary/aromatic N) is 4. The van der Waals surface area contributed by atoms with E-state index in [2.05, 4.69) is 19.9 Å². The summed E-state index contributed by atoms with van der Waals surface area (Å²) in [5.41, 5.74) is 1.22. The van der Waals surface area contributed by atoms with E-state index in [4.69, 9.17) is 4.74 Å². The molecule has 0 unspecified atom stereocenters. The second kappa shape index (κ2) is 8.94. The summed E-state index contributed by atoms with van der Waals surface area (Å²) < 4.78 is 5.26. The monoisotopic (exact) mass is 407 g/mol. The number of aryl methyl sites for hydroxylation is 1. The Kier molecular flexibility index (Phi) is 5.92. The van der Waals surface area contributed by atoms with Gasteiger partial charge >= 0.3 is 0 Å². The summed E-state index contributed by atoms with van der Waals surface area (Å²) in [6.45, 7) is 2.85. The van der Waals surface area contributed by atoms with Gasteiger partial charge in [-0.15, -0.1) is 0 Å². The minimum Gasteiger partial charge on any atom is -0.497 e. The molecule has 3 aromatic rings. The van der Waals surface area contributed by atoms with Crippen LogP contribution in [-0.4, -0.2) is 59.0 Å². The van der Waals surface area contributed by atoms with Crippen LogP contribution in [-0.2, 0) is 11.2 Å². The fourth-order valence-corrected chi connectivity index (χ4v) is 3.76. The van der Waals surface area contributed by atoms with Gasteiger partial charge in [-0.1, -0.05) is 0 Å². The van der Waals surface area contributed by atoms with E-state index in [0.29, 0.717) is 44.0 Å². The molecule has 0 saturated carbocycles. The number of hydrogen-bond acceptors (Lipinski definition) is 6. The molecule has 3 heterocycles.